The average Bonchev–Trinajstić information content (AvgIpc) is 3.24. The van der Waals surface area contributed by atoms with Crippen LogP contribution in [0.3, 0.4) is 0 Å². The number of hydrogen-bond acceptors (Lipinski definition) is 5. The van der Waals surface area contributed by atoms with Crippen molar-refractivity contribution in [1.82, 2.24) is 0 Å². The molecule has 0 aromatic heterocycles. The molecule has 6 nitrogen and oxygen atoms in total. The Bertz CT molecular complexity index is 955. The number of halogens is 1. The first-order valence-electron chi connectivity index (χ1n) is 8.54. The summed E-state index contributed by atoms with van der Waals surface area (Å²) in [6.07, 6.45) is 0. The van der Waals surface area contributed by atoms with Crippen molar-refractivity contribution < 1.29 is 19.1 Å². The van der Waals surface area contributed by atoms with Crippen LogP contribution in [-0.4, -0.2) is 30.4 Å². The third-order valence-electron chi connectivity index (χ3n) is 4.42. The number of ether oxygens (including phenoxy) is 2. The largest absolute Gasteiger partial charge is 0.487 e. The van der Waals surface area contributed by atoms with Crippen LogP contribution in [-0.2, 0) is 25.7 Å². The highest BCUT2D eigenvalue weighted by molar-refractivity contribution is 9.09. The lowest BCUT2D eigenvalue weighted by molar-refractivity contribution is -0.139. The Morgan fingerprint density at radius 3 is 2.93 bits per heavy atom. The number of alkyl halides is 1. The Morgan fingerprint density at radius 2 is 2.07 bits per heavy atom. The highest BCUT2D eigenvalue weighted by atomic mass is 79.9. The molecule has 0 unspecified atom stereocenters. The fraction of sp³-hybridized carbons (Fsp3) is 0.200. The number of para-hydroxylation sites is 1. The number of amides is 1. The monoisotopic (exact) mass is 428 g/mol. The standard InChI is InChI=1S/C20H17BrN2O4/c21-10-17(24)26-8-7-22-13-5-6-14-12(9-13)11-27-19(14)18-15-3-1-2-4-16(15)23-20(18)25/h1-6,9,22H,7-8,10-11H2,(H,23,25)/b19-18+. The van der Waals surface area contributed by atoms with Gasteiger partial charge in [0.15, 0.2) is 0 Å². The number of esters is 1. The SMILES string of the molecule is O=C(CBr)OCCNc1ccc2c(c1)CO/C2=C1/C(=O)Nc2ccccc21. The second kappa shape index (κ2) is 7.44. The molecular formula is C20H17BrN2O4. The van der Waals surface area contributed by atoms with Gasteiger partial charge in [-0.25, -0.2) is 0 Å². The van der Waals surface area contributed by atoms with Crippen molar-refractivity contribution in [2.75, 3.05) is 29.1 Å². The van der Waals surface area contributed by atoms with Gasteiger partial charge in [-0.05, 0) is 24.3 Å². The van der Waals surface area contributed by atoms with Crippen LogP contribution in [0.15, 0.2) is 42.5 Å². The molecule has 138 valence electrons. The molecule has 2 aliphatic rings. The van der Waals surface area contributed by atoms with Crippen molar-refractivity contribution in [1.29, 1.82) is 0 Å². The number of carbonyl (C=O) groups excluding carboxylic acids is 2. The van der Waals surface area contributed by atoms with Gasteiger partial charge in [-0.3, -0.25) is 9.59 Å². The minimum atomic E-state index is -0.287. The number of anilines is 2. The lowest BCUT2D eigenvalue weighted by Crippen LogP contribution is -2.14. The van der Waals surface area contributed by atoms with Crippen LogP contribution in [0.5, 0.6) is 0 Å². The van der Waals surface area contributed by atoms with Crippen molar-refractivity contribution in [3.8, 4) is 0 Å². The maximum Gasteiger partial charge on any atom is 0.316 e. The minimum Gasteiger partial charge on any atom is -0.487 e. The van der Waals surface area contributed by atoms with Crippen molar-refractivity contribution >= 4 is 50.5 Å². The van der Waals surface area contributed by atoms with Crippen LogP contribution in [0.25, 0.3) is 11.3 Å². The van der Waals surface area contributed by atoms with Crippen LogP contribution in [0.2, 0.25) is 0 Å². The van der Waals surface area contributed by atoms with Gasteiger partial charge >= 0.3 is 5.97 Å². The summed E-state index contributed by atoms with van der Waals surface area (Å²) in [5.74, 6) is 0.186. The Labute approximate surface area is 164 Å². The topological polar surface area (TPSA) is 76.7 Å². The quantitative estimate of drug-likeness (QED) is 0.330. The summed E-state index contributed by atoms with van der Waals surface area (Å²) < 4.78 is 10.9. The second-order valence-electron chi connectivity index (χ2n) is 6.15. The third kappa shape index (κ3) is 3.42. The molecule has 0 atom stereocenters. The van der Waals surface area contributed by atoms with Crippen molar-refractivity contribution in [3.05, 3.63) is 59.2 Å². The molecule has 0 spiro atoms. The Kier molecular flexibility index (Phi) is 4.85. The number of benzene rings is 2. The summed E-state index contributed by atoms with van der Waals surface area (Å²) in [7, 11) is 0. The first-order valence-corrected chi connectivity index (χ1v) is 9.66. The zero-order valence-corrected chi connectivity index (χ0v) is 16.0. The number of rotatable bonds is 5. The smallest absolute Gasteiger partial charge is 0.316 e. The number of hydrogen-bond donors (Lipinski definition) is 2. The zero-order chi connectivity index (χ0) is 18.8. The Balaban J connectivity index is 1.54. The molecule has 0 aliphatic carbocycles. The zero-order valence-electron chi connectivity index (χ0n) is 14.4. The summed E-state index contributed by atoms with van der Waals surface area (Å²) in [6, 6.07) is 13.5. The summed E-state index contributed by atoms with van der Waals surface area (Å²) in [6.45, 7) is 1.23. The number of fused-ring (bicyclic) bond motifs is 2. The maximum absolute atomic E-state index is 12.4. The fourth-order valence-corrected chi connectivity index (χ4v) is 3.38. The fourth-order valence-electron chi connectivity index (χ4n) is 3.22. The third-order valence-corrected chi connectivity index (χ3v) is 4.88. The first kappa shape index (κ1) is 17.6. The van der Waals surface area contributed by atoms with E-state index in [0.717, 1.165) is 28.1 Å². The van der Waals surface area contributed by atoms with Gasteiger partial charge in [-0.2, -0.15) is 0 Å². The maximum atomic E-state index is 12.4. The molecule has 2 heterocycles. The Morgan fingerprint density at radius 1 is 1.22 bits per heavy atom. The second-order valence-corrected chi connectivity index (χ2v) is 6.71. The van der Waals surface area contributed by atoms with E-state index < -0.39 is 0 Å². The predicted octanol–water partition coefficient (Wildman–Crippen LogP) is 3.39. The molecule has 0 saturated heterocycles. The van der Waals surface area contributed by atoms with Crippen LogP contribution in [0, 0.1) is 0 Å². The predicted molar refractivity (Wildman–Crippen MR) is 106 cm³/mol. The summed E-state index contributed by atoms with van der Waals surface area (Å²) >= 11 is 3.05. The van der Waals surface area contributed by atoms with E-state index in [2.05, 4.69) is 26.6 Å². The van der Waals surface area contributed by atoms with Crippen LogP contribution >= 0.6 is 15.9 Å². The molecule has 0 fully saturated rings. The van der Waals surface area contributed by atoms with E-state index in [1.807, 2.05) is 42.5 Å². The molecule has 2 aromatic rings. The van der Waals surface area contributed by atoms with Crippen LogP contribution in [0.4, 0.5) is 11.4 Å². The summed E-state index contributed by atoms with van der Waals surface area (Å²) in [4.78, 5) is 23.5. The number of nitrogens with one attached hydrogen (secondary N) is 2. The molecule has 0 saturated carbocycles. The molecule has 1 amide bonds. The summed E-state index contributed by atoms with van der Waals surface area (Å²) in [5.41, 5.74) is 5.09. The Hall–Kier alpha value is -2.80. The normalized spacial score (nSPS) is 17.0. The van der Waals surface area contributed by atoms with Gasteiger partial charge < -0.3 is 20.1 Å². The highest BCUT2D eigenvalue weighted by Crippen LogP contribution is 2.41. The summed E-state index contributed by atoms with van der Waals surface area (Å²) in [5, 5.41) is 6.29. The first-order chi connectivity index (χ1) is 13.2. The van der Waals surface area contributed by atoms with Gasteiger partial charge in [0, 0.05) is 34.6 Å². The molecule has 0 bridgehead atoms. The molecule has 2 aliphatic heterocycles. The molecule has 4 rings (SSSR count). The van der Waals surface area contributed by atoms with E-state index in [1.165, 1.54) is 0 Å². The van der Waals surface area contributed by atoms with Crippen LogP contribution in [0.1, 0.15) is 16.7 Å². The van der Waals surface area contributed by atoms with Crippen molar-refractivity contribution in [3.63, 3.8) is 0 Å². The van der Waals surface area contributed by atoms with E-state index in [0.29, 0.717) is 31.1 Å². The highest BCUT2D eigenvalue weighted by Gasteiger charge is 2.32. The van der Waals surface area contributed by atoms with Crippen molar-refractivity contribution in [2.24, 2.45) is 0 Å². The van der Waals surface area contributed by atoms with E-state index in [1.54, 1.807) is 0 Å². The minimum absolute atomic E-state index is 0.144. The van der Waals surface area contributed by atoms with E-state index in [4.69, 9.17) is 9.47 Å². The molecule has 7 heteroatoms. The molecule has 0 radical (unpaired) electrons. The van der Waals surface area contributed by atoms with Gasteiger partial charge in [-0.15, -0.1) is 0 Å². The van der Waals surface area contributed by atoms with E-state index in [-0.39, 0.29) is 17.2 Å². The van der Waals surface area contributed by atoms with Crippen molar-refractivity contribution in [2.45, 2.75) is 6.61 Å². The van der Waals surface area contributed by atoms with Gasteiger partial charge in [0.25, 0.3) is 5.91 Å². The van der Waals surface area contributed by atoms with Gasteiger partial charge in [0.2, 0.25) is 0 Å². The lowest BCUT2D eigenvalue weighted by atomic mass is 10.0. The molecular weight excluding hydrogens is 412 g/mol. The molecule has 2 aromatic carbocycles. The van der Waals surface area contributed by atoms with E-state index in [9.17, 15) is 9.59 Å². The lowest BCUT2D eigenvalue weighted by Gasteiger charge is -2.08. The molecule has 27 heavy (non-hydrogen) atoms. The van der Waals surface area contributed by atoms with Gasteiger partial charge in [0.05, 0.1) is 5.57 Å². The van der Waals surface area contributed by atoms with E-state index >= 15 is 0 Å². The number of carbonyl (C=O) groups is 2. The average molecular weight is 429 g/mol. The van der Waals surface area contributed by atoms with Gasteiger partial charge in [0.1, 0.15) is 24.3 Å². The molecule has 2 N–H and O–H groups in total. The van der Waals surface area contributed by atoms with Crippen LogP contribution < -0.4 is 10.6 Å². The van der Waals surface area contributed by atoms with Gasteiger partial charge in [-0.1, -0.05) is 34.1 Å².